The van der Waals surface area contributed by atoms with Crippen molar-refractivity contribution in [2.75, 3.05) is 10.6 Å². The van der Waals surface area contributed by atoms with Gasteiger partial charge < -0.3 is 10.6 Å². The maximum absolute atomic E-state index is 3.52. The van der Waals surface area contributed by atoms with Crippen LogP contribution in [0.25, 0.3) is 0 Å². The lowest BCUT2D eigenvalue weighted by atomic mass is 10.1. The number of nitrogens with one attached hydrogen (secondary N) is 2. The molecular weight excluding hydrogens is 196 g/mol. The number of rotatable bonds is 3. The van der Waals surface area contributed by atoms with Gasteiger partial charge in [0.1, 0.15) is 6.17 Å². The molecule has 0 aromatic heterocycles. The van der Waals surface area contributed by atoms with Crippen molar-refractivity contribution in [3.05, 3.63) is 35.4 Å². The Morgan fingerprint density at radius 1 is 1.31 bits per heavy atom. The summed E-state index contributed by atoms with van der Waals surface area (Å²) in [5.41, 5.74) is 5.25. The average molecular weight is 216 g/mol. The van der Waals surface area contributed by atoms with Gasteiger partial charge in [-0.2, -0.15) is 0 Å². The Morgan fingerprint density at radius 2 is 2.06 bits per heavy atom. The third-order valence-electron chi connectivity index (χ3n) is 3.16. The minimum atomic E-state index is 0.350. The highest BCUT2D eigenvalue weighted by atomic mass is 15.2. The van der Waals surface area contributed by atoms with Crippen LogP contribution in [-0.2, 0) is 0 Å². The smallest absolute Gasteiger partial charge is 0.100 e. The molecule has 1 aromatic rings. The number of fused-ring (bicyclic) bond motifs is 1. The van der Waals surface area contributed by atoms with E-state index in [-0.39, 0.29) is 0 Å². The van der Waals surface area contributed by atoms with Crippen LogP contribution in [0.1, 0.15) is 32.3 Å². The summed E-state index contributed by atoms with van der Waals surface area (Å²) in [7, 11) is 0. The van der Waals surface area contributed by atoms with Crippen molar-refractivity contribution in [3.63, 3.8) is 0 Å². The number of anilines is 2. The fourth-order valence-corrected chi connectivity index (χ4v) is 2.15. The maximum Gasteiger partial charge on any atom is 0.100 e. The van der Waals surface area contributed by atoms with Gasteiger partial charge >= 0.3 is 0 Å². The second-order valence-electron chi connectivity index (χ2n) is 4.39. The molecule has 2 heteroatoms. The molecule has 1 atom stereocenters. The van der Waals surface area contributed by atoms with Crippen molar-refractivity contribution >= 4 is 11.4 Å². The lowest BCUT2D eigenvalue weighted by Gasteiger charge is -2.13. The molecule has 1 aliphatic heterocycles. The van der Waals surface area contributed by atoms with E-state index in [9.17, 15) is 0 Å². The zero-order valence-corrected chi connectivity index (χ0v) is 10.3. The van der Waals surface area contributed by atoms with Gasteiger partial charge in [-0.25, -0.2) is 0 Å². The fraction of sp³-hybridized carbons (Fsp3) is 0.429. The highest BCUT2D eigenvalue weighted by molar-refractivity contribution is 5.75. The van der Waals surface area contributed by atoms with Crippen LogP contribution in [0.2, 0.25) is 0 Å². The Hall–Kier alpha value is -1.44. The van der Waals surface area contributed by atoms with E-state index in [1.165, 1.54) is 22.5 Å². The van der Waals surface area contributed by atoms with E-state index in [1.54, 1.807) is 0 Å². The monoisotopic (exact) mass is 216 g/mol. The quantitative estimate of drug-likeness (QED) is 0.749. The Kier molecular flexibility index (Phi) is 3.18. The van der Waals surface area contributed by atoms with Gasteiger partial charge in [0.25, 0.3) is 0 Å². The van der Waals surface area contributed by atoms with Crippen LogP contribution < -0.4 is 10.6 Å². The van der Waals surface area contributed by atoms with Gasteiger partial charge in [0.2, 0.25) is 0 Å². The highest BCUT2D eigenvalue weighted by Gasteiger charge is 2.19. The predicted octanol–water partition coefficient (Wildman–Crippen LogP) is 3.90. The van der Waals surface area contributed by atoms with Gasteiger partial charge in [0.05, 0.1) is 11.4 Å². The van der Waals surface area contributed by atoms with Crippen molar-refractivity contribution in [2.45, 2.75) is 39.8 Å². The lowest BCUT2D eigenvalue weighted by molar-refractivity contribution is 0.790. The fourth-order valence-electron chi connectivity index (χ4n) is 2.15. The van der Waals surface area contributed by atoms with Crippen molar-refractivity contribution in [2.24, 2.45) is 0 Å². The summed E-state index contributed by atoms with van der Waals surface area (Å²) in [5.74, 6) is 0. The average Bonchev–Trinajstić information content (AvgIpc) is 2.67. The standard InChI is InChI=1S/C14H20N2/c1-4-11(5-2)9-14-15-12-7-6-10(3)8-13(12)16-14/h4,6-8,14-16H,5,9H2,1-3H3. The molecule has 1 heterocycles. The molecule has 2 rings (SSSR count). The molecule has 0 bridgehead atoms. The van der Waals surface area contributed by atoms with E-state index in [2.05, 4.69) is 55.7 Å². The summed E-state index contributed by atoms with van der Waals surface area (Å²) in [5, 5.41) is 7.03. The van der Waals surface area contributed by atoms with Crippen LogP contribution in [0.5, 0.6) is 0 Å². The third kappa shape index (κ3) is 2.21. The normalized spacial score (nSPS) is 18.9. The zero-order chi connectivity index (χ0) is 11.5. The van der Waals surface area contributed by atoms with Gasteiger partial charge in [0, 0.05) is 6.42 Å². The first-order valence-corrected chi connectivity index (χ1v) is 6.00. The molecule has 0 fully saturated rings. The van der Waals surface area contributed by atoms with Gasteiger partial charge in [-0.15, -0.1) is 0 Å². The SMILES string of the molecule is CC=C(CC)CC1Nc2ccc(C)cc2N1. The van der Waals surface area contributed by atoms with Crippen LogP contribution in [0.4, 0.5) is 11.4 Å². The van der Waals surface area contributed by atoms with Crippen molar-refractivity contribution < 1.29 is 0 Å². The van der Waals surface area contributed by atoms with Gasteiger partial charge in [-0.3, -0.25) is 0 Å². The van der Waals surface area contributed by atoms with Gasteiger partial charge in [-0.1, -0.05) is 24.6 Å². The predicted molar refractivity (Wildman–Crippen MR) is 70.9 cm³/mol. The molecule has 0 radical (unpaired) electrons. The van der Waals surface area contributed by atoms with Crippen molar-refractivity contribution in [1.82, 2.24) is 0 Å². The molecule has 1 aromatic carbocycles. The van der Waals surface area contributed by atoms with Gasteiger partial charge in [-0.05, 0) is 38.0 Å². The Labute approximate surface area is 97.8 Å². The highest BCUT2D eigenvalue weighted by Crippen LogP contribution is 2.31. The van der Waals surface area contributed by atoms with Crippen LogP contribution in [0.3, 0.4) is 0 Å². The molecule has 1 unspecified atom stereocenters. The molecule has 0 saturated carbocycles. The molecule has 0 spiro atoms. The summed E-state index contributed by atoms with van der Waals surface area (Å²) in [4.78, 5) is 0. The first kappa shape index (κ1) is 11.1. The summed E-state index contributed by atoms with van der Waals surface area (Å²) in [6, 6.07) is 6.49. The van der Waals surface area contributed by atoms with E-state index >= 15 is 0 Å². The molecule has 0 saturated heterocycles. The topological polar surface area (TPSA) is 24.1 Å². The Bertz CT molecular complexity index is 407. The summed E-state index contributed by atoms with van der Waals surface area (Å²) in [6.07, 6.45) is 4.77. The number of benzene rings is 1. The second kappa shape index (κ2) is 4.60. The summed E-state index contributed by atoms with van der Waals surface area (Å²) < 4.78 is 0. The van der Waals surface area contributed by atoms with Crippen LogP contribution >= 0.6 is 0 Å². The van der Waals surface area contributed by atoms with E-state index in [0.717, 1.165) is 12.8 Å². The van der Waals surface area contributed by atoms with E-state index in [1.807, 2.05) is 0 Å². The van der Waals surface area contributed by atoms with E-state index in [0.29, 0.717) is 6.17 Å². The van der Waals surface area contributed by atoms with Gasteiger partial charge in [0.15, 0.2) is 0 Å². The minimum Gasteiger partial charge on any atom is -0.363 e. The van der Waals surface area contributed by atoms with Crippen molar-refractivity contribution in [3.8, 4) is 0 Å². The summed E-state index contributed by atoms with van der Waals surface area (Å²) >= 11 is 0. The third-order valence-corrected chi connectivity index (χ3v) is 3.16. The van der Waals surface area contributed by atoms with Crippen molar-refractivity contribution in [1.29, 1.82) is 0 Å². The molecule has 0 aliphatic carbocycles. The minimum absolute atomic E-state index is 0.350. The maximum atomic E-state index is 3.52. The molecular formula is C14H20N2. The van der Waals surface area contributed by atoms with E-state index in [4.69, 9.17) is 0 Å². The number of hydrogen-bond acceptors (Lipinski definition) is 2. The summed E-state index contributed by atoms with van der Waals surface area (Å²) in [6.45, 7) is 6.45. The largest absolute Gasteiger partial charge is 0.363 e. The lowest BCUT2D eigenvalue weighted by Crippen LogP contribution is -2.22. The number of hydrogen-bond donors (Lipinski definition) is 2. The number of allylic oxidation sites excluding steroid dienone is 1. The number of aryl methyl sites for hydroxylation is 1. The molecule has 1 aliphatic rings. The first-order valence-electron chi connectivity index (χ1n) is 6.00. The molecule has 2 nitrogen and oxygen atoms in total. The second-order valence-corrected chi connectivity index (χ2v) is 4.39. The Balaban J connectivity index is 2.05. The molecule has 16 heavy (non-hydrogen) atoms. The Morgan fingerprint density at radius 3 is 2.75 bits per heavy atom. The first-order chi connectivity index (χ1) is 7.72. The van der Waals surface area contributed by atoms with Crippen LogP contribution in [-0.4, -0.2) is 6.17 Å². The van der Waals surface area contributed by atoms with E-state index < -0.39 is 0 Å². The molecule has 86 valence electrons. The van der Waals surface area contributed by atoms with Crippen LogP contribution in [0, 0.1) is 6.92 Å². The molecule has 0 amide bonds. The van der Waals surface area contributed by atoms with Crippen LogP contribution in [0.15, 0.2) is 29.8 Å². The zero-order valence-electron chi connectivity index (χ0n) is 10.3. The molecule has 2 N–H and O–H groups in total.